The highest BCUT2D eigenvalue weighted by atomic mass is 35.5. The van der Waals surface area contributed by atoms with Gasteiger partial charge in [0.05, 0.1) is 17.8 Å². The standard InChI is InChI=1S/C17H16ClN3O4/c1-11-3-4-13(24-11)9-21(2)17(22)16-6-15(25-20-16)10-23-14-5-12(18)7-19-8-14/h3-8H,9-10H2,1-2H3. The Labute approximate surface area is 149 Å². The number of aryl methyl sites for hydroxylation is 1. The Morgan fingerprint density at radius 1 is 1.28 bits per heavy atom. The number of rotatable bonds is 6. The molecule has 0 saturated carbocycles. The van der Waals surface area contributed by atoms with Crippen LogP contribution in [0.1, 0.15) is 27.8 Å². The van der Waals surface area contributed by atoms with Crippen molar-refractivity contribution in [3.63, 3.8) is 0 Å². The summed E-state index contributed by atoms with van der Waals surface area (Å²) in [6.45, 7) is 2.31. The van der Waals surface area contributed by atoms with Gasteiger partial charge in [-0.25, -0.2) is 0 Å². The molecule has 1 amide bonds. The number of nitrogens with zero attached hydrogens (tertiary/aromatic N) is 3. The van der Waals surface area contributed by atoms with Gasteiger partial charge < -0.3 is 18.6 Å². The molecule has 0 bridgehead atoms. The van der Waals surface area contributed by atoms with Crippen LogP contribution >= 0.6 is 11.6 Å². The maximum Gasteiger partial charge on any atom is 0.276 e. The highest BCUT2D eigenvalue weighted by Gasteiger charge is 2.18. The highest BCUT2D eigenvalue weighted by molar-refractivity contribution is 6.30. The maximum absolute atomic E-state index is 12.4. The molecule has 3 aromatic rings. The quantitative estimate of drug-likeness (QED) is 0.668. The summed E-state index contributed by atoms with van der Waals surface area (Å²) in [4.78, 5) is 17.8. The SMILES string of the molecule is Cc1ccc(CN(C)C(=O)c2cc(COc3cncc(Cl)c3)on2)o1. The minimum absolute atomic E-state index is 0.114. The molecule has 0 radical (unpaired) electrons. The van der Waals surface area contributed by atoms with Crippen molar-refractivity contribution >= 4 is 17.5 Å². The normalized spacial score (nSPS) is 10.7. The van der Waals surface area contributed by atoms with Crippen LogP contribution in [0.15, 0.2) is 45.6 Å². The fourth-order valence-corrected chi connectivity index (χ4v) is 2.34. The highest BCUT2D eigenvalue weighted by Crippen LogP contribution is 2.17. The van der Waals surface area contributed by atoms with Gasteiger partial charge in [0.25, 0.3) is 5.91 Å². The third-order valence-corrected chi connectivity index (χ3v) is 3.58. The molecule has 130 valence electrons. The van der Waals surface area contributed by atoms with Gasteiger partial charge in [0, 0.05) is 25.4 Å². The summed E-state index contributed by atoms with van der Waals surface area (Å²) >= 11 is 5.84. The molecule has 0 N–H and O–H groups in total. The van der Waals surface area contributed by atoms with Crippen molar-refractivity contribution in [2.75, 3.05) is 7.05 Å². The van der Waals surface area contributed by atoms with E-state index < -0.39 is 0 Å². The molecule has 0 aliphatic heterocycles. The van der Waals surface area contributed by atoms with E-state index in [1.807, 2.05) is 19.1 Å². The zero-order valence-corrected chi connectivity index (χ0v) is 14.5. The molecule has 0 unspecified atom stereocenters. The molecule has 3 rings (SSSR count). The topological polar surface area (TPSA) is 81.6 Å². The zero-order chi connectivity index (χ0) is 17.8. The number of carbonyl (C=O) groups is 1. The summed E-state index contributed by atoms with van der Waals surface area (Å²) in [7, 11) is 1.67. The van der Waals surface area contributed by atoms with Gasteiger partial charge in [0.1, 0.15) is 23.9 Å². The lowest BCUT2D eigenvalue weighted by atomic mass is 10.3. The lowest BCUT2D eigenvalue weighted by Gasteiger charge is -2.13. The number of furan rings is 1. The van der Waals surface area contributed by atoms with E-state index in [4.69, 9.17) is 25.3 Å². The molecule has 3 heterocycles. The molecule has 0 atom stereocenters. The van der Waals surface area contributed by atoms with E-state index in [1.165, 1.54) is 17.3 Å². The molecular weight excluding hydrogens is 346 g/mol. The number of pyridine rings is 1. The van der Waals surface area contributed by atoms with Gasteiger partial charge in [-0.1, -0.05) is 16.8 Å². The van der Waals surface area contributed by atoms with E-state index in [2.05, 4.69) is 10.1 Å². The Kier molecular flexibility index (Phi) is 5.04. The largest absolute Gasteiger partial charge is 0.484 e. The van der Waals surface area contributed by atoms with Crippen LogP contribution in [0.25, 0.3) is 0 Å². The third kappa shape index (κ3) is 4.39. The van der Waals surface area contributed by atoms with Gasteiger partial charge in [-0.3, -0.25) is 9.78 Å². The van der Waals surface area contributed by atoms with Crippen molar-refractivity contribution in [1.29, 1.82) is 0 Å². The smallest absolute Gasteiger partial charge is 0.276 e. The van der Waals surface area contributed by atoms with Crippen LogP contribution in [-0.4, -0.2) is 28.0 Å². The van der Waals surface area contributed by atoms with E-state index in [0.717, 1.165) is 5.76 Å². The number of hydrogen-bond donors (Lipinski definition) is 0. The fourth-order valence-electron chi connectivity index (χ4n) is 2.18. The summed E-state index contributed by atoms with van der Waals surface area (Å²) in [5.74, 6) is 2.15. The molecule has 3 aromatic heterocycles. The summed E-state index contributed by atoms with van der Waals surface area (Å²) < 4.78 is 16.1. The maximum atomic E-state index is 12.4. The minimum Gasteiger partial charge on any atom is -0.484 e. The summed E-state index contributed by atoms with van der Waals surface area (Å²) in [6.07, 6.45) is 3.05. The van der Waals surface area contributed by atoms with Crippen LogP contribution in [0.3, 0.4) is 0 Å². The zero-order valence-electron chi connectivity index (χ0n) is 13.7. The Balaban J connectivity index is 1.59. The fraction of sp³-hybridized carbons (Fsp3) is 0.235. The molecule has 8 heteroatoms. The predicted molar refractivity (Wildman–Crippen MR) is 89.3 cm³/mol. The van der Waals surface area contributed by atoms with Crippen molar-refractivity contribution < 1.29 is 18.5 Å². The first-order chi connectivity index (χ1) is 12.0. The average Bonchev–Trinajstić information content (AvgIpc) is 3.21. The van der Waals surface area contributed by atoms with Crippen molar-refractivity contribution in [2.45, 2.75) is 20.1 Å². The molecular formula is C17H16ClN3O4. The van der Waals surface area contributed by atoms with Gasteiger partial charge in [-0.05, 0) is 19.1 Å². The number of halogens is 1. The first kappa shape index (κ1) is 17.0. The van der Waals surface area contributed by atoms with Crippen molar-refractivity contribution in [1.82, 2.24) is 15.0 Å². The van der Waals surface area contributed by atoms with Gasteiger partial charge in [-0.2, -0.15) is 0 Å². The van der Waals surface area contributed by atoms with Crippen molar-refractivity contribution in [2.24, 2.45) is 0 Å². The van der Waals surface area contributed by atoms with E-state index in [-0.39, 0.29) is 18.2 Å². The van der Waals surface area contributed by atoms with Gasteiger partial charge in [-0.15, -0.1) is 0 Å². The Bertz CT molecular complexity index is 874. The number of amides is 1. The minimum atomic E-state index is -0.270. The van der Waals surface area contributed by atoms with Crippen LogP contribution in [0.2, 0.25) is 5.02 Å². The lowest BCUT2D eigenvalue weighted by Crippen LogP contribution is -2.26. The van der Waals surface area contributed by atoms with E-state index in [9.17, 15) is 4.79 Å². The Morgan fingerprint density at radius 3 is 2.84 bits per heavy atom. The molecule has 0 spiro atoms. The number of hydrogen-bond acceptors (Lipinski definition) is 6. The molecule has 0 saturated heterocycles. The Hall–Kier alpha value is -2.80. The molecule has 0 aromatic carbocycles. The van der Waals surface area contributed by atoms with E-state index >= 15 is 0 Å². The molecule has 0 aliphatic rings. The predicted octanol–water partition coefficient (Wildman–Crippen LogP) is 3.48. The number of ether oxygens (including phenoxy) is 1. The molecule has 25 heavy (non-hydrogen) atoms. The first-order valence-electron chi connectivity index (χ1n) is 7.51. The first-order valence-corrected chi connectivity index (χ1v) is 7.89. The van der Waals surface area contributed by atoms with Crippen LogP contribution in [0.4, 0.5) is 0 Å². The second kappa shape index (κ2) is 7.40. The second-order valence-corrected chi connectivity index (χ2v) is 5.92. The van der Waals surface area contributed by atoms with Gasteiger partial charge >= 0.3 is 0 Å². The van der Waals surface area contributed by atoms with Crippen LogP contribution < -0.4 is 4.74 Å². The van der Waals surface area contributed by atoms with Crippen LogP contribution in [0.5, 0.6) is 5.75 Å². The van der Waals surface area contributed by atoms with E-state index in [1.54, 1.807) is 19.2 Å². The van der Waals surface area contributed by atoms with Crippen molar-refractivity contribution in [3.8, 4) is 5.75 Å². The summed E-state index contributed by atoms with van der Waals surface area (Å²) in [5.41, 5.74) is 0.202. The monoisotopic (exact) mass is 361 g/mol. The summed E-state index contributed by atoms with van der Waals surface area (Å²) in [5, 5.41) is 4.27. The number of aromatic nitrogens is 2. The summed E-state index contributed by atoms with van der Waals surface area (Å²) in [6, 6.07) is 6.87. The Morgan fingerprint density at radius 2 is 2.12 bits per heavy atom. The molecule has 0 aliphatic carbocycles. The second-order valence-electron chi connectivity index (χ2n) is 5.48. The van der Waals surface area contributed by atoms with Crippen LogP contribution in [0, 0.1) is 6.92 Å². The average molecular weight is 362 g/mol. The van der Waals surface area contributed by atoms with Crippen molar-refractivity contribution in [3.05, 3.63) is 64.7 Å². The van der Waals surface area contributed by atoms with E-state index in [0.29, 0.717) is 28.8 Å². The molecule has 0 fully saturated rings. The molecule has 7 nitrogen and oxygen atoms in total. The third-order valence-electron chi connectivity index (χ3n) is 3.37. The van der Waals surface area contributed by atoms with Gasteiger partial charge in [0.15, 0.2) is 11.5 Å². The van der Waals surface area contributed by atoms with Crippen LogP contribution in [-0.2, 0) is 13.2 Å². The van der Waals surface area contributed by atoms with Gasteiger partial charge in [0.2, 0.25) is 0 Å². The number of carbonyl (C=O) groups excluding carboxylic acids is 1. The lowest BCUT2D eigenvalue weighted by molar-refractivity contribution is 0.0764.